The van der Waals surface area contributed by atoms with Crippen LogP contribution in [0.3, 0.4) is 0 Å². The van der Waals surface area contributed by atoms with Crippen molar-refractivity contribution in [3.63, 3.8) is 0 Å². The molecular weight excluding hydrogens is 317 g/mol. The maximum atomic E-state index is 13.5. The molecule has 0 atom stereocenters. The normalized spacial score (nSPS) is 10.2. The van der Waals surface area contributed by atoms with Gasteiger partial charge < -0.3 is 15.6 Å². The largest absolute Gasteiger partial charge is 0.478 e. The van der Waals surface area contributed by atoms with Gasteiger partial charge in [-0.1, -0.05) is 15.9 Å². The first-order valence-corrected chi connectivity index (χ1v) is 6.02. The van der Waals surface area contributed by atoms with Gasteiger partial charge in [-0.3, -0.25) is 0 Å². The molecule has 0 radical (unpaired) electrons. The second-order valence-electron chi connectivity index (χ2n) is 3.73. The molecule has 6 heteroatoms. The molecule has 0 saturated carbocycles. The third-order valence-corrected chi connectivity index (χ3v) is 2.87. The fraction of sp³-hybridized carbons (Fsp3) is 0. The van der Waals surface area contributed by atoms with Crippen molar-refractivity contribution in [1.82, 2.24) is 0 Å². The van der Waals surface area contributed by atoms with Crippen molar-refractivity contribution in [3.05, 3.63) is 52.3 Å². The smallest absolute Gasteiger partial charge is 0.337 e. The lowest BCUT2D eigenvalue weighted by atomic mass is 10.2. The number of carboxylic acid groups (broad SMARTS) is 1. The summed E-state index contributed by atoms with van der Waals surface area (Å²) in [4.78, 5) is 10.8. The number of hydrogen-bond acceptors (Lipinski definition) is 3. The van der Waals surface area contributed by atoms with Crippen molar-refractivity contribution in [3.8, 4) is 11.5 Å². The number of benzene rings is 2. The molecule has 0 aliphatic rings. The Labute approximate surface area is 116 Å². The molecule has 0 aliphatic carbocycles. The van der Waals surface area contributed by atoms with Crippen LogP contribution in [0.5, 0.6) is 11.5 Å². The van der Waals surface area contributed by atoms with Crippen LogP contribution in [0.25, 0.3) is 0 Å². The highest BCUT2D eigenvalue weighted by atomic mass is 79.9. The minimum Gasteiger partial charge on any atom is -0.478 e. The first-order chi connectivity index (χ1) is 8.97. The molecule has 0 bridgehead atoms. The number of hydrogen-bond donors (Lipinski definition) is 2. The van der Waals surface area contributed by atoms with Crippen LogP contribution in [0.15, 0.2) is 40.9 Å². The molecule has 0 spiro atoms. The Morgan fingerprint density at radius 1 is 1.26 bits per heavy atom. The molecular formula is C13H9BrFNO3. The van der Waals surface area contributed by atoms with Gasteiger partial charge >= 0.3 is 5.97 Å². The van der Waals surface area contributed by atoms with E-state index in [0.717, 1.165) is 0 Å². The molecule has 3 N–H and O–H groups in total. The van der Waals surface area contributed by atoms with Crippen LogP contribution in [-0.4, -0.2) is 11.1 Å². The second-order valence-corrected chi connectivity index (χ2v) is 4.65. The van der Waals surface area contributed by atoms with Crippen molar-refractivity contribution < 1.29 is 19.0 Å². The predicted octanol–water partition coefficient (Wildman–Crippen LogP) is 3.66. The van der Waals surface area contributed by atoms with Crippen molar-refractivity contribution in [2.45, 2.75) is 0 Å². The van der Waals surface area contributed by atoms with Gasteiger partial charge in [0.25, 0.3) is 0 Å². The van der Waals surface area contributed by atoms with Crippen molar-refractivity contribution in [2.24, 2.45) is 0 Å². The average Bonchev–Trinajstić information content (AvgIpc) is 2.33. The molecule has 2 rings (SSSR count). The zero-order chi connectivity index (χ0) is 14.0. The average molecular weight is 326 g/mol. The fourth-order valence-corrected chi connectivity index (χ4v) is 1.82. The van der Waals surface area contributed by atoms with Crippen LogP contribution in [-0.2, 0) is 0 Å². The molecule has 2 aromatic rings. The summed E-state index contributed by atoms with van der Waals surface area (Å²) in [5.41, 5.74) is 5.61. The molecule has 0 unspecified atom stereocenters. The minimum atomic E-state index is -1.13. The number of nitrogen functional groups attached to an aromatic ring is 1. The molecule has 0 heterocycles. The van der Waals surface area contributed by atoms with E-state index in [-0.39, 0.29) is 22.7 Å². The summed E-state index contributed by atoms with van der Waals surface area (Å²) >= 11 is 3.21. The van der Waals surface area contributed by atoms with E-state index in [9.17, 15) is 9.18 Å². The van der Waals surface area contributed by atoms with Crippen molar-refractivity contribution in [2.75, 3.05) is 5.73 Å². The van der Waals surface area contributed by atoms with Crippen LogP contribution in [0.1, 0.15) is 10.4 Å². The van der Waals surface area contributed by atoms with Gasteiger partial charge in [-0.25, -0.2) is 9.18 Å². The maximum absolute atomic E-state index is 13.5. The molecule has 98 valence electrons. The van der Waals surface area contributed by atoms with E-state index in [4.69, 9.17) is 15.6 Å². The summed E-state index contributed by atoms with van der Waals surface area (Å²) < 4.78 is 19.5. The van der Waals surface area contributed by atoms with Gasteiger partial charge in [0.05, 0.1) is 5.56 Å². The van der Waals surface area contributed by atoms with Gasteiger partial charge in [-0.05, 0) is 30.3 Å². The molecule has 0 aromatic heterocycles. The summed E-state index contributed by atoms with van der Waals surface area (Å²) in [5, 5.41) is 8.84. The van der Waals surface area contributed by atoms with Gasteiger partial charge in [0.2, 0.25) is 0 Å². The van der Waals surface area contributed by atoms with Gasteiger partial charge in [0, 0.05) is 16.2 Å². The van der Waals surface area contributed by atoms with Crippen molar-refractivity contribution >= 4 is 27.6 Å². The topological polar surface area (TPSA) is 72.5 Å². The number of rotatable bonds is 3. The number of aromatic carboxylic acids is 1. The van der Waals surface area contributed by atoms with Crippen LogP contribution in [0.2, 0.25) is 0 Å². The Balaban J connectivity index is 2.31. The number of ether oxygens (including phenoxy) is 1. The Bertz CT molecular complexity index is 646. The maximum Gasteiger partial charge on any atom is 0.337 e. The van der Waals surface area contributed by atoms with Gasteiger partial charge in [0.15, 0.2) is 11.6 Å². The van der Waals surface area contributed by atoms with Crippen LogP contribution < -0.4 is 10.5 Å². The molecule has 0 fully saturated rings. The third kappa shape index (κ3) is 3.03. The number of carbonyl (C=O) groups is 1. The third-order valence-electron chi connectivity index (χ3n) is 2.37. The summed E-state index contributed by atoms with van der Waals surface area (Å²) in [6.45, 7) is 0. The minimum absolute atomic E-state index is 0.0249. The summed E-state index contributed by atoms with van der Waals surface area (Å²) in [5.74, 6) is -1.36. The number of nitrogens with two attached hydrogens (primary N) is 1. The summed E-state index contributed by atoms with van der Waals surface area (Å²) in [7, 11) is 0. The molecule has 2 aromatic carbocycles. The second kappa shape index (κ2) is 5.27. The van der Waals surface area contributed by atoms with Crippen LogP contribution >= 0.6 is 15.9 Å². The van der Waals surface area contributed by atoms with Crippen LogP contribution in [0.4, 0.5) is 10.1 Å². The molecule has 0 aliphatic heterocycles. The zero-order valence-electron chi connectivity index (χ0n) is 9.56. The number of anilines is 1. The predicted molar refractivity (Wildman–Crippen MR) is 72.0 cm³/mol. The summed E-state index contributed by atoms with van der Waals surface area (Å²) in [6, 6.07) is 8.34. The lowest BCUT2D eigenvalue weighted by molar-refractivity contribution is 0.0698. The first-order valence-electron chi connectivity index (χ1n) is 5.23. The Kier molecular flexibility index (Phi) is 3.71. The van der Waals surface area contributed by atoms with E-state index < -0.39 is 11.8 Å². The first kappa shape index (κ1) is 13.4. The standard InChI is InChI=1S/C13H9BrFNO3/c14-7-1-4-10(15)12(5-7)19-8-2-3-9(13(17)18)11(16)6-8/h1-6H,16H2,(H,17,18). The monoisotopic (exact) mass is 325 g/mol. The molecule has 19 heavy (non-hydrogen) atoms. The SMILES string of the molecule is Nc1cc(Oc2cc(Br)ccc2F)ccc1C(=O)O. The lowest BCUT2D eigenvalue weighted by Gasteiger charge is -2.09. The van der Waals surface area contributed by atoms with E-state index in [1.54, 1.807) is 6.07 Å². The lowest BCUT2D eigenvalue weighted by Crippen LogP contribution is -2.02. The van der Waals surface area contributed by atoms with E-state index >= 15 is 0 Å². The van der Waals surface area contributed by atoms with E-state index in [2.05, 4.69) is 15.9 Å². The highest BCUT2D eigenvalue weighted by Gasteiger charge is 2.10. The van der Waals surface area contributed by atoms with Gasteiger partial charge in [-0.15, -0.1) is 0 Å². The Morgan fingerprint density at radius 2 is 2.00 bits per heavy atom. The van der Waals surface area contributed by atoms with E-state index in [0.29, 0.717) is 4.47 Å². The Morgan fingerprint density at radius 3 is 2.63 bits per heavy atom. The quantitative estimate of drug-likeness (QED) is 0.844. The Hall–Kier alpha value is -2.08. The summed E-state index contributed by atoms with van der Waals surface area (Å²) in [6.07, 6.45) is 0. The van der Waals surface area contributed by atoms with Gasteiger partial charge in [-0.2, -0.15) is 0 Å². The molecule has 0 saturated heterocycles. The van der Waals surface area contributed by atoms with E-state index in [1.807, 2.05) is 0 Å². The zero-order valence-corrected chi connectivity index (χ0v) is 11.1. The van der Waals surface area contributed by atoms with Crippen molar-refractivity contribution in [1.29, 1.82) is 0 Å². The molecule has 4 nitrogen and oxygen atoms in total. The molecule has 0 amide bonds. The van der Waals surface area contributed by atoms with Crippen LogP contribution in [0, 0.1) is 5.82 Å². The van der Waals surface area contributed by atoms with Gasteiger partial charge in [0.1, 0.15) is 5.75 Å². The highest BCUT2D eigenvalue weighted by molar-refractivity contribution is 9.10. The van der Waals surface area contributed by atoms with E-state index in [1.165, 1.54) is 30.3 Å². The number of carboxylic acids is 1. The highest BCUT2D eigenvalue weighted by Crippen LogP contribution is 2.29. The number of halogens is 2. The fourth-order valence-electron chi connectivity index (χ4n) is 1.48.